The van der Waals surface area contributed by atoms with Gasteiger partial charge in [0.15, 0.2) is 0 Å². The van der Waals surface area contributed by atoms with Crippen molar-refractivity contribution in [1.29, 1.82) is 0 Å². The zero-order chi connectivity index (χ0) is 11.5. The molecule has 0 radical (unpaired) electrons. The first kappa shape index (κ1) is 12.2. The van der Waals surface area contributed by atoms with Gasteiger partial charge in [-0.05, 0) is 24.8 Å². The van der Waals surface area contributed by atoms with Crippen molar-refractivity contribution >= 4 is 0 Å². The normalized spacial score (nSPS) is 14.2. The summed E-state index contributed by atoms with van der Waals surface area (Å²) in [6.07, 6.45) is 0. The van der Waals surface area contributed by atoms with Crippen molar-refractivity contribution in [3.8, 4) is 0 Å². The zero-order valence-corrected chi connectivity index (χ0v) is 10.3. The summed E-state index contributed by atoms with van der Waals surface area (Å²) in [7, 11) is 0. The van der Waals surface area contributed by atoms with Gasteiger partial charge in [0, 0.05) is 6.54 Å². The van der Waals surface area contributed by atoms with Crippen LogP contribution in [0.1, 0.15) is 39.1 Å². The standard InChI is InChI=1S/C11H21N3O/c1-8(11(3,4)5)6-12-7-10-9(2)13-15-14-10/h8,12H,6-7H2,1-5H3. The van der Waals surface area contributed by atoms with E-state index in [1.165, 1.54) is 0 Å². The fourth-order valence-corrected chi connectivity index (χ4v) is 1.12. The van der Waals surface area contributed by atoms with Crippen LogP contribution in [0.2, 0.25) is 0 Å². The van der Waals surface area contributed by atoms with E-state index in [9.17, 15) is 0 Å². The molecule has 0 bridgehead atoms. The van der Waals surface area contributed by atoms with Crippen molar-refractivity contribution < 1.29 is 4.63 Å². The third kappa shape index (κ3) is 3.63. The predicted molar refractivity (Wildman–Crippen MR) is 59.4 cm³/mol. The lowest BCUT2D eigenvalue weighted by atomic mass is 9.82. The molecule has 1 aromatic heterocycles. The molecule has 15 heavy (non-hydrogen) atoms. The number of hydrogen-bond acceptors (Lipinski definition) is 4. The predicted octanol–water partition coefficient (Wildman–Crippen LogP) is 2.15. The zero-order valence-electron chi connectivity index (χ0n) is 10.3. The van der Waals surface area contributed by atoms with Crippen molar-refractivity contribution in [2.45, 2.75) is 41.2 Å². The molecule has 0 amide bonds. The van der Waals surface area contributed by atoms with Gasteiger partial charge in [-0.2, -0.15) is 0 Å². The van der Waals surface area contributed by atoms with Gasteiger partial charge in [-0.15, -0.1) is 0 Å². The maximum Gasteiger partial charge on any atom is 0.121 e. The Bertz CT molecular complexity index is 301. The second kappa shape index (κ2) is 4.75. The first-order valence-corrected chi connectivity index (χ1v) is 5.40. The molecule has 0 saturated heterocycles. The van der Waals surface area contributed by atoms with E-state index in [0.717, 1.165) is 24.5 Å². The van der Waals surface area contributed by atoms with Crippen LogP contribution in [0.15, 0.2) is 4.63 Å². The van der Waals surface area contributed by atoms with E-state index >= 15 is 0 Å². The smallest absolute Gasteiger partial charge is 0.121 e. The van der Waals surface area contributed by atoms with Gasteiger partial charge in [0.1, 0.15) is 11.4 Å². The van der Waals surface area contributed by atoms with E-state index in [2.05, 4.69) is 48.0 Å². The average molecular weight is 211 g/mol. The van der Waals surface area contributed by atoms with Gasteiger partial charge in [-0.1, -0.05) is 38.0 Å². The quantitative estimate of drug-likeness (QED) is 0.829. The third-order valence-electron chi connectivity index (χ3n) is 2.97. The fourth-order valence-electron chi connectivity index (χ4n) is 1.12. The van der Waals surface area contributed by atoms with Crippen LogP contribution < -0.4 is 5.32 Å². The first-order valence-electron chi connectivity index (χ1n) is 5.40. The number of aryl methyl sites for hydroxylation is 1. The van der Waals surface area contributed by atoms with E-state index in [1.807, 2.05) is 6.92 Å². The van der Waals surface area contributed by atoms with Gasteiger partial charge in [0.05, 0.1) is 0 Å². The van der Waals surface area contributed by atoms with Crippen molar-refractivity contribution in [2.75, 3.05) is 6.54 Å². The number of hydrogen-bond donors (Lipinski definition) is 1. The molecule has 1 unspecified atom stereocenters. The highest BCUT2D eigenvalue weighted by atomic mass is 16.6. The highest BCUT2D eigenvalue weighted by Crippen LogP contribution is 2.24. The topological polar surface area (TPSA) is 51.0 Å². The molecule has 1 aromatic rings. The molecule has 1 heterocycles. The number of nitrogens with zero attached hydrogens (tertiary/aromatic N) is 2. The summed E-state index contributed by atoms with van der Waals surface area (Å²) in [5, 5.41) is 10.9. The van der Waals surface area contributed by atoms with Gasteiger partial charge < -0.3 is 5.32 Å². The summed E-state index contributed by atoms with van der Waals surface area (Å²) in [5.41, 5.74) is 2.10. The highest BCUT2D eigenvalue weighted by Gasteiger charge is 2.19. The molecule has 0 spiro atoms. The molecule has 0 fully saturated rings. The van der Waals surface area contributed by atoms with E-state index in [4.69, 9.17) is 0 Å². The molecule has 0 saturated carbocycles. The summed E-state index contributed by atoms with van der Waals surface area (Å²) >= 11 is 0. The van der Waals surface area contributed by atoms with Gasteiger partial charge in [0.25, 0.3) is 0 Å². The Labute approximate surface area is 91.4 Å². The molecule has 4 nitrogen and oxygen atoms in total. The lowest BCUT2D eigenvalue weighted by Crippen LogP contribution is -2.29. The molecule has 0 aliphatic carbocycles. The van der Waals surface area contributed by atoms with Crippen molar-refractivity contribution in [3.05, 3.63) is 11.4 Å². The summed E-state index contributed by atoms with van der Waals surface area (Å²) in [5.74, 6) is 0.623. The number of nitrogens with one attached hydrogen (secondary N) is 1. The van der Waals surface area contributed by atoms with E-state index < -0.39 is 0 Å². The first-order chi connectivity index (χ1) is 6.91. The monoisotopic (exact) mass is 211 g/mol. The van der Waals surface area contributed by atoms with Crippen molar-refractivity contribution in [2.24, 2.45) is 11.3 Å². The molecule has 0 aliphatic rings. The molecule has 1 rings (SSSR count). The largest absolute Gasteiger partial charge is 0.311 e. The lowest BCUT2D eigenvalue weighted by molar-refractivity contribution is 0.251. The Kier molecular flexibility index (Phi) is 3.85. The van der Waals surface area contributed by atoms with Gasteiger partial charge in [0.2, 0.25) is 0 Å². The van der Waals surface area contributed by atoms with E-state index in [0.29, 0.717) is 11.3 Å². The van der Waals surface area contributed by atoms with Crippen LogP contribution in [-0.2, 0) is 6.54 Å². The van der Waals surface area contributed by atoms with Crippen LogP contribution in [0.4, 0.5) is 0 Å². The number of rotatable bonds is 4. The second-order valence-electron chi connectivity index (χ2n) is 5.19. The third-order valence-corrected chi connectivity index (χ3v) is 2.97. The number of aromatic nitrogens is 2. The lowest BCUT2D eigenvalue weighted by Gasteiger charge is -2.27. The van der Waals surface area contributed by atoms with Gasteiger partial charge >= 0.3 is 0 Å². The summed E-state index contributed by atoms with van der Waals surface area (Å²) < 4.78 is 4.63. The molecule has 1 N–H and O–H groups in total. The van der Waals surface area contributed by atoms with Crippen LogP contribution >= 0.6 is 0 Å². The minimum absolute atomic E-state index is 0.337. The maximum atomic E-state index is 4.63. The van der Waals surface area contributed by atoms with E-state index in [1.54, 1.807) is 0 Å². The van der Waals surface area contributed by atoms with E-state index in [-0.39, 0.29) is 0 Å². The second-order valence-corrected chi connectivity index (χ2v) is 5.19. The SMILES string of the molecule is Cc1nonc1CNCC(C)C(C)(C)C. The van der Waals surface area contributed by atoms with Crippen LogP contribution in [0.5, 0.6) is 0 Å². The summed E-state index contributed by atoms with van der Waals surface area (Å²) in [4.78, 5) is 0. The Morgan fingerprint density at radius 3 is 2.47 bits per heavy atom. The molecular formula is C11H21N3O. The Balaban J connectivity index is 2.31. The van der Waals surface area contributed by atoms with Crippen molar-refractivity contribution in [1.82, 2.24) is 15.6 Å². The Morgan fingerprint density at radius 1 is 1.33 bits per heavy atom. The fraction of sp³-hybridized carbons (Fsp3) is 0.818. The molecule has 0 aromatic carbocycles. The summed E-state index contributed by atoms with van der Waals surface area (Å²) in [6, 6.07) is 0. The van der Waals surface area contributed by atoms with Crippen LogP contribution in [-0.4, -0.2) is 16.9 Å². The van der Waals surface area contributed by atoms with Crippen LogP contribution in [0.25, 0.3) is 0 Å². The Hall–Kier alpha value is -0.900. The summed E-state index contributed by atoms with van der Waals surface area (Å²) in [6.45, 7) is 12.6. The maximum absolute atomic E-state index is 4.63. The highest BCUT2D eigenvalue weighted by molar-refractivity contribution is 5.03. The van der Waals surface area contributed by atoms with Crippen LogP contribution in [0, 0.1) is 18.3 Å². The van der Waals surface area contributed by atoms with Crippen molar-refractivity contribution in [3.63, 3.8) is 0 Å². The van der Waals surface area contributed by atoms with Gasteiger partial charge in [-0.3, -0.25) is 0 Å². The van der Waals surface area contributed by atoms with Crippen LogP contribution in [0.3, 0.4) is 0 Å². The molecule has 4 heteroatoms. The molecule has 0 aliphatic heterocycles. The molecular weight excluding hydrogens is 190 g/mol. The Morgan fingerprint density at radius 2 is 2.00 bits per heavy atom. The minimum atomic E-state index is 0.337. The minimum Gasteiger partial charge on any atom is -0.311 e. The molecule has 86 valence electrons. The average Bonchev–Trinajstić information content (AvgIpc) is 2.50. The molecule has 1 atom stereocenters. The van der Waals surface area contributed by atoms with Gasteiger partial charge in [-0.25, -0.2) is 4.63 Å².